The lowest BCUT2D eigenvalue weighted by atomic mass is 10.1. The minimum atomic E-state index is -0.771. The largest absolute Gasteiger partial charge is 1.00 e. The molecule has 0 aliphatic rings. The van der Waals surface area contributed by atoms with E-state index in [1.54, 1.807) is 5.56 Å². The van der Waals surface area contributed by atoms with Gasteiger partial charge in [0.1, 0.15) is 0 Å². The fraction of sp³-hybridized carbons (Fsp3) is 0.600. The zero-order valence-electron chi connectivity index (χ0n) is 12.7. The fourth-order valence-corrected chi connectivity index (χ4v) is 7.19. The maximum Gasteiger partial charge on any atom is 0.0942 e. The van der Waals surface area contributed by atoms with Crippen molar-refractivity contribution in [2.45, 2.75) is 39.8 Å². The number of halogens is 2. The molecule has 1 nitrogen and oxygen atoms in total. The Bertz CT molecular complexity index is 294. The van der Waals surface area contributed by atoms with E-state index in [0.29, 0.717) is 0 Å². The summed E-state index contributed by atoms with van der Waals surface area (Å²) >= 11 is 0. The van der Waals surface area contributed by atoms with Crippen molar-refractivity contribution in [2.75, 3.05) is 18.5 Å². The van der Waals surface area contributed by atoms with Crippen LogP contribution in [0.5, 0.6) is 0 Å². The van der Waals surface area contributed by atoms with Crippen molar-refractivity contribution < 1.29 is 17.0 Å². The summed E-state index contributed by atoms with van der Waals surface area (Å²) in [5, 5.41) is 0. The summed E-state index contributed by atoms with van der Waals surface area (Å²) < 4.78 is 0. The molecule has 1 rings (SSSR count). The van der Waals surface area contributed by atoms with Crippen LogP contribution in [0.1, 0.15) is 45.3 Å². The Balaban J connectivity index is -0.000000853. The third-order valence-corrected chi connectivity index (χ3v) is 9.89. The molecule has 4 heteroatoms. The van der Waals surface area contributed by atoms with Crippen LogP contribution in [-0.2, 0) is 0 Å². The van der Waals surface area contributed by atoms with Gasteiger partial charge >= 0.3 is 0 Å². The number of rotatable bonds is 6. The van der Waals surface area contributed by atoms with Crippen molar-refractivity contribution in [3.8, 4) is 0 Å². The van der Waals surface area contributed by atoms with E-state index in [1.807, 2.05) is 0 Å². The molecule has 0 heterocycles. The lowest BCUT2D eigenvalue weighted by molar-refractivity contribution is -0.00000415. The Morgan fingerprint density at radius 3 is 1.63 bits per heavy atom. The van der Waals surface area contributed by atoms with Gasteiger partial charge in [-0.1, -0.05) is 37.3 Å². The molecule has 1 aromatic carbocycles. The van der Waals surface area contributed by atoms with E-state index in [4.69, 9.17) is 0 Å². The molecule has 1 aromatic rings. The molecule has 0 aliphatic carbocycles. The highest BCUT2D eigenvalue weighted by Gasteiger charge is 2.40. The third-order valence-electron chi connectivity index (χ3n) is 4.12. The van der Waals surface area contributed by atoms with Crippen LogP contribution in [0.2, 0.25) is 0 Å². The zero-order valence-corrected chi connectivity index (χ0v) is 16.9. The minimum Gasteiger partial charge on any atom is -1.00 e. The maximum atomic E-state index is 2.40. The summed E-state index contributed by atoms with van der Waals surface area (Å²) in [4.78, 5) is 0. The monoisotopic (exact) mass is 413 g/mol. The predicted molar refractivity (Wildman–Crippen MR) is 93.4 cm³/mol. The van der Waals surface area contributed by atoms with E-state index < -0.39 is 7.26 Å². The molecule has 0 spiro atoms. The first-order valence-corrected chi connectivity index (χ1v) is 9.06. The molecule has 0 aromatic heterocycles. The maximum absolute atomic E-state index is 2.40. The number of hydrogen-bond acceptors (Lipinski definition) is 1. The van der Waals surface area contributed by atoms with Gasteiger partial charge in [-0.2, -0.15) is 0 Å². The van der Waals surface area contributed by atoms with Crippen molar-refractivity contribution in [3.05, 3.63) is 35.9 Å². The first kappa shape index (κ1) is 24.6. The Morgan fingerprint density at radius 1 is 0.895 bits per heavy atom. The van der Waals surface area contributed by atoms with Crippen LogP contribution in [-0.4, -0.2) is 18.5 Å². The van der Waals surface area contributed by atoms with Crippen molar-refractivity contribution >= 4 is 24.2 Å². The molecule has 0 saturated heterocycles. The molecule has 0 saturated carbocycles. The van der Waals surface area contributed by atoms with Gasteiger partial charge in [0.05, 0.1) is 24.1 Å². The number of hydrogen-bond donors (Lipinski definition) is 1. The smallest absolute Gasteiger partial charge is 0.0942 e. The second-order valence-corrected chi connectivity index (χ2v) is 9.46. The summed E-state index contributed by atoms with van der Waals surface area (Å²) in [6.45, 7) is 9.54. The van der Waals surface area contributed by atoms with Crippen LogP contribution in [0.3, 0.4) is 0 Å². The van der Waals surface area contributed by atoms with Crippen molar-refractivity contribution in [3.63, 3.8) is 0 Å². The van der Waals surface area contributed by atoms with E-state index in [2.05, 4.69) is 58.0 Å². The fourth-order valence-electron chi connectivity index (χ4n) is 2.95. The highest BCUT2D eigenvalue weighted by molar-refractivity contribution is 8.93. The molecule has 1 atom stereocenters. The highest BCUT2D eigenvalue weighted by Crippen LogP contribution is 2.69. The first-order chi connectivity index (χ1) is 7.74. The lowest BCUT2D eigenvalue weighted by Gasteiger charge is -2.32. The summed E-state index contributed by atoms with van der Waals surface area (Å²) in [6, 6.07) is 11.1. The predicted octanol–water partition coefficient (Wildman–Crippen LogP) is 2.96. The topological polar surface area (TPSA) is 35.0 Å². The molecule has 1 unspecified atom stereocenters. The first-order valence-electron chi connectivity index (χ1n) is 6.64. The Labute approximate surface area is 141 Å². The molecule has 0 radical (unpaired) electrons. The van der Waals surface area contributed by atoms with Crippen molar-refractivity contribution in [1.82, 2.24) is 6.15 Å². The average Bonchev–Trinajstić information content (AvgIpc) is 2.37. The third kappa shape index (κ3) is 5.83. The van der Waals surface area contributed by atoms with Crippen LogP contribution < -0.4 is 23.1 Å². The summed E-state index contributed by atoms with van der Waals surface area (Å²) in [5.74, 6) is 0. The standard InChI is InChI=1S/C15H26P.2BrH.H3N/c1-5-15(14-12-10-9-11-13-14)16(6-2,7-3)8-4;;;/h9-13,15H,5-8H2,1-4H3;2*1H;1H3/q+1;;;/p-1. The summed E-state index contributed by atoms with van der Waals surface area (Å²) in [6.07, 6.45) is 5.49. The Kier molecular flexibility index (Phi) is 15.9. The van der Waals surface area contributed by atoms with E-state index in [-0.39, 0.29) is 40.1 Å². The highest BCUT2D eigenvalue weighted by atomic mass is 79.9. The van der Waals surface area contributed by atoms with Crippen LogP contribution in [0.15, 0.2) is 30.3 Å². The van der Waals surface area contributed by atoms with E-state index in [0.717, 1.165) is 5.66 Å². The Morgan fingerprint density at radius 2 is 1.32 bits per heavy atom. The van der Waals surface area contributed by atoms with E-state index >= 15 is 0 Å². The lowest BCUT2D eigenvalue weighted by Crippen LogP contribution is -3.00. The molecule has 114 valence electrons. The van der Waals surface area contributed by atoms with Crippen LogP contribution in [0, 0.1) is 0 Å². The van der Waals surface area contributed by atoms with E-state index in [1.165, 1.54) is 24.9 Å². The Hall–Kier alpha value is 0.570. The van der Waals surface area contributed by atoms with Gasteiger partial charge in [0.25, 0.3) is 0 Å². The van der Waals surface area contributed by atoms with Gasteiger partial charge in [0.15, 0.2) is 0 Å². The van der Waals surface area contributed by atoms with Crippen molar-refractivity contribution in [2.24, 2.45) is 0 Å². The van der Waals surface area contributed by atoms with Crippen LogP contribution >= 0.6 is 24.2 Å². The van der Waals surface area contributed by atoms with E-state index in [9.17, 15) is 0 Å². The van der Waals surface area contributed by atoms with Crippen LogP contribution in [0.4, 0.5) is 0 Å². The average molecular weight is 415 g/mol. The van der Waals surface area contributed by atoms with Gasteiger partial charge in [-0.15, -0.1) is 17.0 Å². The quantitative estimate of drug-likeness (QED) is 0.713. The van der Waals surface area contributed by atoms with Gasteiger partial charge in [0.2, 0.25) is 0 Å². The second kappa shape index (κ2) is 12.3. The molecular weight excluding hydrogens is 385 g/mol. The molecule has 3 N–H and O–H groups in total. The second-order valence-electron chi connectivity index (χ2n) is 4.50. The van der Waals surface area contributed by atoms with Crippen molar-refractivity contribution in [1.29, 1.82) is 0 Å². The van der Waals surface area contributed by atoms with Gasteiger partial charge in [-0.3, -0.25) is 0 Å². The zero-order chi connectivity index (χ0) is 12.0. The SMILES string of the molecule is Br.CCC(c1ccccc1)[P+](CC)(CC)CC.N.[Br-]. The molecule has 0 bridgehead atoms. The van der Waals surface area contributed by atoms with Gasteiger partial charge in [-0.25, -0.2) is 0 Å². The summed E-state index contributed by atoms with van der Waals surface area (Å²) in [7, 11) is -0.771. The summed E-state index contributed by atoms with van der Waals surface area (Å²) in [5.41, 5.74) is 2.40. The van der Waals surface area contributed by atoms with Gasteiger partial charge in [0, 0.05) is 7.26 Å². The normalized spacial score (nSPS) is 11.6. The number of benzene rings is 1. The van der Waals surface area contributed by atoms with Gasteiger partial charge in [-0.05, 0) is 32.8 Å². The van der Waals surface area contributed by atoms with Crippen LogP contribution in [0.25, 0.3) is 0 Å². The molecule has 0 aliphatic heterocycles. The minimum absolute atomic E-state index is 0. The van der Waals surface area contributed by atoms with Gasteiger partial charge < -0.3 is 23.1 Å². The molecule has 19 heavy (non-hydrogen) atoms. The molecule has 0 amide bonds. The molecule has 0 fully saturated rings. The molecular formula is C15H30Br2NP.